The van der Waals surface area contributed by atoms with E-state index >= 15 is 0 Å². The zero-order chi connectivity index (χ0) is 13.0. The van der Waals surface area contributed by atoms with Gasteiger partial charge in [0.05, 0.1) is 0 Å². The highest BCUT2D eigenvalue weighted by Crippen LogP contribution is 2.13. The van der Waals surface area contributed by atoms with Gasteiger partial charge in [0.15, 0.2) is 5.78 Å². The van der Waals surface area contributed by atoms with Crippen molar-refractivity contribution in [2.75, 3.05) is 0 Å². The minimum atomic E-state index is -0.206. The van der Waals surface area contributed by atoms with Crippen LogP contribution >= 0.6 is 0 Å². The fraction of sp³-hybridized carbons (Fsp3) is 0. The van der Waals surface area contributed by atoms with Gasteiger partial charge in [0.1, 0.15) is 12.6 Å². The molecular formula is C15H10O3. The minimum absolute atomic E-state index is 0.206. The molecule has 0 amide bonds. The van der Waals surface area contributed by atoms with Crippen molar-refractivity contribution in [1.82, 2.24) is 0 Å². The third kappa shape index (κ3) is 2.40. The van der Waals surface area contributed by atoms with E-state index in [0.29, 0.717) is 34.8 Å². The molecule has 2 rings (SSSR count). The highest BCUT2D eigenvalue weighted by atomic mass is 16.1. The van der Waals surface area contributed by atoms with Gasteiger partial charge in [-0.25, -0.2) is 0 Å². The molecule has 0 aliphatic carbocycles. The van der Waals surface area contributed by atoms with Gasteiger partial charge in [-0.1, -0.05) is 30.3 Å². The predicted molar refractivity (Wildman–Crippen MR) is 67.1 cm³/mol. The standard InChI is InChI=1S/C15H10O3/c16-9-11-6-12(10-17)8-14(7-11)15(18)13-4-2-1-3-5-13/h1-10H. The molecule has 0 saturated carbocycles. The molecule has 0 aromatic heterocycles. The van der Waals surface area contributed by atoms with Crippen LogP contribution in [0.15, 0.2) is 48.5 Å². The monoisotopic (exact) mass is 238 g/mol. The Morgan fingerprint density at radius 2 is 1.33 bits per heavy atom. The van der Waals surface area contributed by atoms with Gasteiger partial charge in [-0.05, 0) is 18.2 Å². The van der Waals surface area contributed by atoms with Crippen molar-refractivity contribution in [3.63, 3.8) is 0 Å². The Morgan fingerprint density at radius 3 is 1.83 bits per heavy atom. The highest BCUT2D eigenvalue weighted by Gasteiger charge is 2.10. The Balaban J connectivity index is 2.48. The van der Waals surface area contributed by atoms with Crippen LogP contribution in [0.4, 0.5) is 0 Å². The van der Waals surface area contributed by atoms with Gasteiger partial charge >= 0.3 is 0 Å². The number of aldehydes is 2. The Morgan fingerprint density at radius 1 is 0.778 bits per heavy atom. The van der Waals surface area contributed by atoms with Gasteiger partial charge in [-0.3, -0.25) is 14.4 Å². The van der Waals surface area contributed by atoms with Crippen LogP contribution in [0.3, 0.4) is 0 Å². The number of ketones is 1. The van der Waals surface area contributed by atoms with Crippen molar-refractivity contribution in [2.24, 2.45) is 0 Å². The molecule has 3 nitrogen and oxygen atoms in total. The molecule has 0 spiro atoms. The summed E-state index contributed by atoms with van der Waals surface area (Å²) in [6, 6.07) is 13.1. The number of benzene rings is 2. The first-order valence-electron chi connectivity index (χ1n) is 5.40. The lowest BCUT2D eigenvalue weighted by atomic mass is 9.99. The van der Waals surface area contributed by atoms with E-state index in [1.54, 1.807) is 24.3 Å². The summed E-state index contributed by atoms with van der Waals surface area (Å²) < 4.78 is 0. The summed E-state index contributed by atoms with van der Waals surface area (Å²) in [7, 11) is 0. The maximum absolute atomic E-state index is 12.2. The Bertz CT molecular complexity index is 574. The summed E-state index contributed by atoms with van der Waals surface area (Å²) >= 11 is 0. The van der Waals surface area contributed by atoms with Crippen LogP contribution in [0, 0.1) is 0 Å². The summed E-state index contributed by atoms with van der Waals surface area (Å²) in [5, 5.41) is 0. The third-order valence-corrected chi connectivity index (χ3v) is 2.55. The second-order valence-corrected chi connectivity index (χ2v) is 3.82. The number of hydrogen-bond donors (Lipinski definition) is 0. The molecule has 0 radical (unpaired) electrons. The molecule has 0 fully saturated rings. The fourth-order valence-corrected chi connectivity index (χ4v) is 1.70. The maximum atomic E-state index is 12.2. The van der Waals surface area contributed by atoms with Crippen LogP contribution in [-0.4, -0.2) is 18.4 Å². The number of carbonyl (C=O) groups is 3. The van der Waals surface area contributed by atoms with Crippen LogP contribution in [0.5, 0.6) is 0 Å². The summed E-state index contributed by atoms with van der Waals surface area (Å²) in [5.41, 5.74) is 1.50. The second kappa shape index (κ2) is 5.19. The molecule has 88 valence electrons. The quantitative estimate of drug-likeness (QED) is 0.607. The number of hydrogen-bond acceptors (Lipinski definition) is 3. The lowest BCUT2D eigenvalue weighted by Gasteiger charge is -2.03. The average molecular weight is 238 g/mol. The van der Waals surface area contributed by atoms with Crippen LogP contribution in [0.2, 0.25) is 0 Å². The van der Waals surface area contributed by atoms with E-state index in [1.807, 2.05) is 6.07 Å². The van der Waals surface area contributed by atoms with E-state index in [9.17, 15) is 14.4 Å². The van der Waals surface area contributed by atoms with Crippen LogP contribution in [0.1, 0.15) is 36.6 Å². The van der Waals surface area contributed by atoms with Crippen LogP contribution in [0.25, 0.3) is 0 Å². The molecule has 0 unspecified atom stereocenters. The largest absolute Gasteiger partial charge is 0.298 e. The SMILES string of the molecule is O=Cc1cc(C=O)cc(C(=O)c2ccccc2)c1. The molecule has 0 atom stereocenters. The van der Waals surface area contributed by atoms with E-state index in [0.717, 1.165) is 0 Å². The lowest BCUT2D eigenvalue weighted by Crippen LogP contribution is -2.03. The first-order valence-corrected chi connectivity index (χ1v) is 5.40. The zero-order valence-corrected chi connectivity index (χ0v) is 9.50. The lowest BCUT2D eigenvalue weighted by molar-refractivity contribution is 0.103. The van der Waals surface area contributed by atoms with Crippen LogP contribution < -0.4 is 0 Å². The van der Waals surface area contributed by atoms with Crippen LogP contribution in [-0.2, 0) is 0 Å². The van der Waals surface area contributed by atoms with Crippen molar-refractivity contribution in [2.45, 2.75) is 0 Å². The molecule has 0 bridgehead atoms. The fourth-order valence-electron chi connectivity index (χ4n) is 1.70. The summed E-state index contributed by atoms with van der Waals surface area (Å²) in [6.45, 7) is 0. The molecule has 0 heterocycles. The summed E-state index contributed by atoms with van der Waals surface area (Å²) in [5.74, 6) is -0.206. The van der Waals surface area contributed by atoms with Crippen molar-refractivity contribution in [3.05, 3.63) is 70.8 Å². The molecule has 2 aromatic rings. The highest BCUT2D eigenvalue weighted by molar-refractivity contribution is 6.10. The molecular weight excluding hydrogens is 228 g/mol. The number of carbonyl (C=O) groups excluding carboxylic acids is 3. The third-order valence-electron chi connectivity index (χ3n) is 2.55. The van der Waals surface area contributed by atoms with Crippen molar-refractivity contribution < 1.29 is 14.4 Å². The molecule has 0 aliphatic heterocycles. The van der Waals surface area contributed by atoms with Gasteiger partial charge < -0.3 is 0 Å². The van der Waals surface area contributed by atoms with Gasteiger partial charge in [0.2, 0.25) is 0 Å². The zero-order valence-electron chi connectivity index (χ0n) is 9.50. The van der Waals surface area contributed by atoms with E-state index in [1.165, 1.54) is 18.2 Å². The van der Waals surface area contributed by atoms with E-state index in [2.05, 4.69) is 0 Å². The molecule has 18 heavy (non-hydrogen) atoms. The summed E-state index contributed by atoms with van der Waals surface area (Å²) in [4.78, 5) is 33.7. The molecule has 2 aromatic carbocycles. The van der Waals surface area contributed by atoms with E-state index in [-0.39, 0.29) is 5.78 Å². The average Bonchev–Trinajstić information content (AvgIpc) is 2.46. The van der Waals surface area contributed by atoms with Gasteiger partial charge in [0, 0.05) is 22.3 Å². The maximum Gasteiger partial charge on any atom is 0.193 e. The van der Waals surface area contributed by atoms with Crippen molar-refractivity contribution in [1.29, 1.82) is 0 Å². The first kappa shape index (κ1) is 11.9. The Kier molecular flexibility index (Phi) is 3.44. The van der Waals surface area contributed by atoms with E-state index in [4.69, 9.17) is 0 Å². The molecule has 3 heteroatoms. The molecule has 0 saturated heterocycles. The van der Waals surface area contributed by atoms with Gasteiger partial charge in [0.25, 0.3) is 0 Å². The second-order valence-electron chi connectivity index (χ2n) is 3.82. The summed E-state index contributed by atoms with van der Waals surface area (Å²) in [6.07, 6.45) is 1.24. The minimum Gasteiger partial charge on any atom is -0.298 e. The first-order chi connectivity index (χ1) is 8.74. The van der Waals surface area contributed by atoms with Crippen molar-refractivity contribution in [3.8, 4) is 0 Å². The van der Waals surface area contributed by atoms with E-state index < -0.39 is 0 Å². The molecule has 0 aliphatic rings. The molecule has 0 N–H and O–H groups in total. The smallest absolute Gasteiger partial charge is 0.193 e. The number of rotatable bonds is 4. The Labute approximate surface area is 104 Å². The van der Waals surface area contributed by atoms with Gasteiger partial charge in [-0.2, -0.15) is 0 Å². The van der Waals surface area contributed by atoms with Crippen molar-refractivity contribution >= 4 is 18.4 Å². The van der Waals surface area contributed by atoms with Gasteiger partial charge in [-0.15, -0.1) is 0 Å². The normalized spacial score (nSPS) is 9.78. The predicted octanol–water partition coefficient (Wildman–Crippen LogP) is 2.54. The Hall–Kier alpha value is -2.55. The topological polar surface area (TPSA) is 51.2 Å².